The first-order chi connectivity index (χ1) is 23.2. The lowest BCUT2D eigenvalue weighted by molar-refractivity contribution is -0.138. The van der Waals surface area contributed by atoms with E-state index in [2.05, 4.69) is 40.7 Å². The third kappa shape index (κ3) is 8.80. The summed E-state index contributed by atoms with van der Waals surface area (Å²) in [7, 11) is 1.96. The predicted octanol–water partition coefficient (Wildman–Crippen LogP) is 6.66. The van der Waals surface area contributed by atoms with Crippen LogP contribution in [0.25, 0.3) is 0 Å². The average Bonchev–Trinajstić information content (AvgIpc) is 3.51. The van der Waals surface area contributed by atoms with E-state index >= 15 is 0 Å². The van der Waals surface area contributed by atoms with Crippen molar-refractivity contribution in [2.24, 2.45) is 24.8 Å². The highest BCUT2D eigenvalue weighted by atomic mass is 19.1. The number of carboxylic acids is 1. The van der Waals surface area contributed by atoms with Gasteiger partial charge in [0.05, 0.1) is 18.8 Å². The summed E-state index contributed by atoms with van der Waals surface area (Å²) in [5.74, 6) is 2.54. The van der Waals surface area contributed by atoms with E-state index in [1.54, 1.807) is 6.07 Å². The lowest BCUT2D eigenvalue weighted by Gasteiger charge is -2.35. The van der Waals surface area contributed by atoms with Crippen LogP contribution in [0.2, 0.25) is 0 Å². The quantitative estimate of drug-likeness (QED) is 0.187. The van der Waals surface area contributed by atoms with Crippen LogP contribution in [0.15, 0.2) is 36.7 Å². The van der Waals surface area contributed by atoms with Crippen LogP contribution in [0.1, 0.15) is 112 Å². The first-order valence-electron chi connectivity index (χ1n) is 18.3. The van der Waals surface area contributed by atoms with Gasteiger partial charge in [0.2, 0.25) is 0 Å². The Morgan fingerprint density at radius 2 is 1.98 bits per heavy atom. The molecule has 0 amide bonds. The van der Waals surface area contributed by atoms with Crippen LogP contribution in [-0.4, -0.2) is 61.4 Å². The number of nitrogens with one attached hydrogen (secondary N) is 2. The molecule has 260 valence electrons. The molecule has 2 aliphatic carbocycles. The third-order valence-corrected chi connectivity index (χ3v) is 11.1. The number of anilines is 1. The number of carboxylic acid groups (broad SMARTS) is 1. The molecular weight excluding hydrogens is 605 g/mol. The van der Waals surface area contributed by atoms with Crippen LogP contribution in [0.3, 0.4) is 0 Å². The number of benzene rings is 1. The van der Waals surface area contributed by atoms with Gasteiger partial charge >= 0.3 is 5.97 Å². The number of carbonyl (C=O) groups is 1. The maximum absolute atomic E-state index is 14.3. The Kier molecular flexibility index (Phi) is 11.4. The number of fused-ring (bicyclic) bond motifs is 1. The van der Waals surface area contributed by atoms with Gasteiger partial charge < -0.3 is 20.6 Å². The number of nitrogens with zero attached hydrogens (tertiary/aromatic N) is 5. The predicted molar refractivity (Wildman–Crippen MR) is 186 cm³/mol. The van der Waals surface area contributed by atoms with E-state index in [0.29, 0.717) is 30.3 Å². The molecule has 1 aliphatic heterocycles. The largest absolute Gasteiger partial charge is 0.481 e. The molecule has 3 aromatic rings. The molecule has 9 nitrogen and oxygen atoms in total. The van der Waals surface area contributed by atoms with Gasteiger partial charge in [-0.1, -0.05) is 26.0 Å². The molecule has 2 aromatic heterocycles. The molecule has 3 aliphatic rings. The Hall–Kier alpha value is -3.37. The summed E-state index contributed by atoms with van der Waals surface area (Å²) >= 11 is 0. The minimum Gasteiger partial charge on any atom is -0.481 e. The Morgan fingerprint density at radius 3 is 2.69 bits per heavy atom. The molecule has 3 heterocycles. The maximum Gasteiger partial charge on any atom is 0.303 e. The SMILES string of the molecule is CC[C@@H](NCc1nc2c(c(N[C@@H](CN3CCC[C@H](C)C3)c3cnn(C)c3)n1)C[C@H](c1cccc(F)c1)CC2)C1CCC(CC(=O)O)CC1. The molecule has 1 aromatic carbocycles. The van der Waals surface area contributed by atoms with Crippen molar-refractivity contribution in [1.82, 2.24) is 30.0 Å². The number of likely N-dealkylation sites (tertiary alicyclic amines) is 1. The summed E-state index contributed by atoms with van der Waals surface area (Å²) in [6, 6.07) is 7.40. The Morgan fingerprint density at radius 1 is 1.15 bits per heavy atom. The lowest BCUT2D eigenvalue weighted by Crippen LogP contribution is -2.39. The van der Waals surface area contributed by atoms with E-state index in [4.69, 9.17) is 9.97 Å². The van der Waals surface area contributed by atoms with Gasteiger partial charge in [-0.2, -0.15) is 5.10 Å². The van der Waals surface area contributed by atoms with Crippen molar-refractivity contribution in [1.29, 1.82) is 0 Å². The second kappa shape index (κ2) is 15.9. The van der Waals surface area contributed by atoms with Gasteiger partial charge in [0.15, 0.2) is 0 Å². The summed E-state index contributed by atoms with van der Waals surface area (Å²) in [5.41, 5.74) is 4.41. The van der Waals surface area contributed by atoms with E-state index in [-0.39, 0.29) is 24.2 Å². The Labute approximate surface area is 285 Å². The number of halogens is 1. The number of aromatic nitrogens is 4. The molecule has 1 saturated heterocycles. The van der Waals surface area contributed by atoms with Crippen LogP contribution in [-0.2, 0) is 31.2 Å². The van der Waals surface area contributed by atoms with Crippen molar-refractivity contribution in [2.75, 3.05) is 25.0 Å². The van der Waals surface area contributed by atoms with E-state index in [1.807, 2.05) is 30.1 Å². The zero-order valence-electron chi connectivity index (χ0n) is 29.0. The minimum atomic E-state index is -0.684. The third-order valence-electron chi connectivity index (χ3n) is 11.1. The highest BCUT2D eigenvalue weighted by Gasteiger charge is 2.30. The highest BCUT2D eigenvalue weighted by molar-refractivity contribution is 5.67. The number of aliphatic carboxylic acids is 1. The fourth-order valence-corrected chi connectivity index (χ4v) is 8.54. The van der Waals surface area contributed by atoms with Crippen molar-refractivity contribution in [3.63, 3.8) is 0 Å². The topological polar surface area (TPSA) is 108 Å². The average molecular weight is 660 g/mol. The van der Waals surface area contributed by atoms with Crippen LogP contribution >= 0.6 is 0 Å². The van der Waals surface area contributed by atoms with Crippen molar-refractivity contribution in [3.8, 4) is 0 Å². The first kappa shape index (κ1) is 34.5. The monoisotopic (exact) mass is 659 g/mol. The maximum atomic E-state index is 14.3. The van der Waals surface area contributed by atoms with Crippen LogP contribution in [0.5, 0.6) is 0 Å². The number of aryl methyl sites for hydroxylation is 2. The highest BCUT2D eigenvalue weighted by Crippen LogP contribution is 2.37. The standard InChI is InChI=1S/C38H54FN7O2/c1-4-33(27-12-10-26(11-13-27)17-37(47)48)40-21-36-42-34-15-14-29(28-8-5-9-31(39)18-28)19-32(34)38(44-36)43-35(30-20-41-45(3)23-30)24-46-16-6-7-25(2)22-46/h5,8-9,18,20,23,25-27,29,33,35,40H,4,6-7,10-17,19,21-22,24H2,1-3H3,(H,47,48)(H,42,43,44)/t25-,26?,27?,29+,33+,35-/m0/s1. The molecule has 0 unspecified atom stereocenters. The van der Waals surface area contributed by atoms with Gasteiger partial charge in [-0.15, -0.1) is 0 Å². The normalized spacial score (nSPS) is 24.5. The van der Waals surface area contributed by atoms with Crippen LogP contribution < -0.4 is 10.6 Å². The van der Waals surface area contributed by atoms with Gasteiger partial charge in [0.1, 0.15) is 17.5 Å². The zero-order valence-corrected chi connectivity index (χ0v) is 29.0. The summed E-state index contributed by atoms with van der Waals surface area (Å²) in [6.45, 7) is 8.22. The van der Waals surface area contributed by atoms with Gasteiger partial charge in [0.25, 0.3) is 0 Å². The summed E-state index contributed by atoms with van der Waals surface area (Å²) in [4.78, 5) is 24.2. The van der Waals surface area contributed by atoms with Crippen molar-refractivity contribution in [2.45, 2.75) is 109 Å². The van der Waals surface area contributed by atoms with Crippen molar-refractivity contribution in [3.05, 3.63) is 70.7 Å². The van der Waals surface area contributed by atoms with Crippen LogP contribution in [0, 0.1) is 23.6 Å². The second-order valence-electron chi connectivity index (χ2n) is 14.8. The summed E-state index contributed by atoms with van der Waals surface area (Å²) in [6.07, 6.45) is 14.5. The Balaban J connectivity index is 1.25. The molecule has 2 fully saturated rings. The van der Waals surface area contributed by atoms with E-state index in [1.165, 1.54) is 18.9 Å². The number of hydrogen-bond donors (Lipinski definition) is 3. The lowest BCUT2D eigenvalue weighted by atomic mass is 9.77. The summed E-state index contributed by atoms with van der Waals surface area (Å²) < 4.78 is 16.1. The molecule has 4 atom stereocenters. The molecule has 48 heavy (non-hydrogen) atoms. The second-order valence-corrected chi connectivity index (χ2v) is 14.8. The number of piperidine rings is 1. The molecule has 3 N–H and O–H groups in total. The fourth-order valence-electron chi connectivity index (χ4n) is 8.54. The van der Waals surface area contributed by atoms with E-state index < -0.39 is 5.97 Å². The molecule has 6 rings (SSSR count). The molecule has 0 bridgehead atoms. The van der Waals surface area contributed by atoms with Crippen molar-refractivity contribution < 1.29 is 14.3 Å². The fraction of sp³-hybridized carbons (Fsp3) is 0.632. The molecule has 1 saturated carbocycles. The van der Waals surface area contributed by atoms with Gasteiger partial charge in [-0.05, 0) is 112 Å². The van der Waals surface area contributed by atoms with Gasteiger partial charge in [0, 0.05) is 55.6 Å². The molecule has 10 heteroatoms. The van der Waals surface area contributed by atoms with Gasteiger partial charge in [-0.25, -0.2) is 14.4 Å². The van der Waals surface area contributed by atoms with E-state index in [0.717, 1.165) is 105 Å². The molecule has 0 spiro atoms. The number of hydrogen-bond acceptors (Lipinski definition) is 7. The number of rotatable bonds is 13. The first-order valence-corrected chi connectivity index (χ1v) is 18.3. The zero-order chi connectivity index (χ0) is 33.6. The Bertz CT molecular complexity index is 1520. The minimum absolute atomic E-state index is 0.0164. The van der Waals surface area contributed by atoms with E-state index in [9.17, 15) is 14.3 Å². The smallest absolute Gasteiger partial charge is 0.303 e. The molecular formula is C38H54FN7O2. The van der Waals surface area contributed by atoms with Gasteiger partial charge in [-0.3, -0.25) is 9.48 Å². The van der Waals surface area contributed by atoms with Crippen LogP contribution in [0.4, 0.5) is 10.2 Å². The van der Waals surface area contributed by atoms with Crippen molar-refractivity contribution >= 4 is 11.8 Å². The summed E-state index contributed by atoms with van der Waals surface area (Å²) in [5, 5.41) is 21.5. The molecule has 0 radical (unpaired) electrons.